The molecule has 3 aliphatic rings. The van der Waals surface area contributed by atoms with Gasteiger partial charge < -0.3 is 4.74 Å². The van der Waals surface area contributed by atoms with E-state index in [0.717, 1.165) is 17.1 Å². The van der Waals surface area contributed by atoms with Crippen LogP contribution >= 0.6 is 31.9 Å². The smallest absolute Gasteiger partial charge is 0.316 e. The van der Waals surface area contributed by atoms with Crippen molar-refractivity contribution in [2.45, 2.75) is 26.2 Å². The zero-order valence-electron chi connectivity index (χ0n) is 11.1. The molecular formula is C14H20Br2O3. The Kier molecular flexibility index (Phi) is 5.46. The largest absolute Gasteiger partial charge is 0.465 e. The Morgan fingerprint density at radius 3 is 2.42 bits per heavy atom. The molecule has 0 aromatic carbocycles. The molecule has 0 heterocycles. The number of halogens is 2. The first-order valence-corrected chi connectivity index (χ1v) is 9.19. The summed E-state index contributed by atoms with van der Waals surface area (Å²) in [6.45, 7) is 2.13. The fourth-order valence-corrected chi connectivity index (χ4v) is 5.64. The average molecular weight is 396 g/mol. The van der Waals surface area contributed by atoms with Crippen molar-refractivity contribution in [1.29, 1.82) is 0 Å². The minimum atomic E-state index is -0.533. The lowest BCUT2D eigenvalue weighted by atomic mass is 9.53. The average Bonchev–Trinajstić information content (AvgIpc) is 2.34. The predicted octanol–water partition coefficient (Wildman–Crippen LogP) is 3.19. The van der Waals surface area contributed by atoms with Gasteiger partial charge >= 0.3 is 5.97 Å². The monoisotopic (exact) mass is 394 g/mol. The van der Waals surface area contributed by atoms with Crippen LogP contribution in [0.3, 0.4) is 0 Å². The van der Waals surface area contributed by atoms with Crippen LogP contribution in [0, 0.1) is 29.6 Å². The fraction of sp³-hybridized carbons (Fsp3) is 0.857. The van der Waals surface area contributed by atoms with Gasteiger partial charge in [-0.2, -0.15) is 0 Å². The van der Waals surface area contributed by atoms with E-state index in [0.29, 0.717) is 43.1 Å². The van der Waals surface area contributed by atoms with Crippen molar-refractivity contribution in [3.63, 3.8) is 0 Å². The van der Waals surface area contributed by atoms with Gasteiger partial charge in [-0.3, -0.25) is 9.59 Å². The number of rotatable bonds is 4. The van der Waals surface area contributed by atoms with Crippen LogP contribution in [0.5, 0.6) is 0 Å². The van der Waals surface area contributed by atoms with Crippen molar-refractivity contribution in [3.05, 3.63) is 0 Å². The molecule has 108 valence electrons. The number of carbonyl (C=O) groups excluding carboxylic acids is 2. The standard InChI is InChI=1S/C14H20Br2O3/c1-2-19-14(18)10-5-9-11(6-15)8(12(9)7-16)3-4-13(10)17/h8-12H,2-7H2,1H3/t8?,9?,10?,11-,12+. The summed E-state index contributed by atoms with van der Waals surface area (Å²) in [4.78, 5) is 24.1. The van der Waals surface area contributed by atoms with Crippen LogP contribution in [0.4, 0.5) is 0 Å². The molecule has 0 radical (unpaired) electrons. The molecule has 3 saturated carbocycles. The zero-order valence-corrected chi connectivity index (χ0v) is 14.3. The second kappa shape index (κ2) is 6.70. The quantitative estimate of drug-likeness (QED) is 0.417. The van der Waals surface area contributed by atoms with Gasteiger partial charge in [-0.15, -0.1) is 0 Å². The lowest BCUT2D eigenvalue weighted by Gasteiger charge is -2.53. The van der Waals surface area contributed by atoms with Crippen molar-refractivity contribution in [1.82, 2.24) is 0 Å². The SMILES string of the molecule is CCOC(=O)C1CC2[C@H](CBr)C(CCC1=O)[C@@H]2CBr. The second-order valence-electron chi connectivity index (χ2n) is 5.51. The molecule has 0 amide bonds. The number of ether oxygens (including phenoxy) is 1. The summed E-state index contributed by atoms with van der Waals surface area (Å²) in [5.74, 6) is 1.52. The van der Waals surface area contributed by atoms with Crippen LogP contribution in [0.1, 0.15) is 26.2 Å². The summed E-state index contributed by atoms with van der Waals surface area (Å²) in [6, 6.07) is 0. The third-order valence-corrected chi connectivity index (χ3v) is 6.24. The van der Waals surface area contributed by atoms with Gasteiger partial charge in [0.1, 0.15) is 11.7 Å². The maximum atomic E-state index is 12.1. The van der Waals surface area contributed by atoms with E-state index in [4.69, 9.17) is 4.74 Å². The van der Waals surface area contributed by atoms with E-state index in [2.05, 4.69) is 31.9 Å². The number of fused-ring (bicyclic) bond motifs is 4. The lowest BCUT2D eigenvalue weighted by molar-refractivity contribution is -0.156. The molecule has 0 spiro atoms. The second-order valence-corrected chi connectivity index (χ2v) is 6.80. The summed E-state index contributed by atoms with van der Waals surface area (Å²) >= 11 is 7.17. The number of alkyl halides is 2. The summed E-state index contributed by atoms with van der Waals surface area (Å²) in [7, 11) is 0. The highest BCUT2D eigenvalue weighted by Gasteiger charge is 2.52. The molecule has 3 fully saturated rings. The van der Waals surface area contributed by atoms with E-state index in [1.807, 2.05) is 0 Å². The normalized spacial score (nSPS) is 38.1. The van der Waals surface area contributed by atoms with Crippen molar-refractivity contribution < 1.29 is 14.3 Å². The first kappa shape index (κ1) is 15.5. The zero-order chi connectivity index (χ0) is 14.0. The number of hydrogen-bond acceptors (Lipinski definition) is 3. The molecule has 3 aliphatic carbocycles. The molecule has 2 bridgehead atoms. The van der Waals surface area contributed by atoms with Crippen molar-refractivity contribution in [2.75, 3.05) is 17.3 Å². The van der Waals surface area contributed by atoms with Crippen molar-refractivity contribution in [2.24, 2.45) is 29.6 Å². The Balaban J connectivity index is 2.13. The van der Waals surface area contributed by atoms with E-state index in [-0.39, 0.29) is 11.8 Å². The van der Waals surface area contributed by atoms with E-state index in [1.165, 1.54) is 0 Å². The summed E-state index contributed by atoms with van der Waals surface area (Å²) in [5.41, 5.74) is 0. The Morgan fingerprint density at radius 2 is 1.89 bits per heavy atom. The third-order valence-electron chi connectivity index (χ3n) is 4.75. The number of ketones is 1. The molecule has 0 aliphatic heterocycles. The van der Waals surface area contributed by atoms with Gasteiger partial charge in [0.15, 0.2) is 0 Å². The number of esters is 1. The van der Waals surface area contributed by atoms with E-state index >= 15 is 0 Å². The molecule has 3 rings (SSSR count). The van der Waals surface area contributed by atoms with Crippen LogP contribution in [0.2, 0.25) is 0 Å². The van der Waals surface area contributed by atoms with Gasteiger partial charge in [-0.1, -0.05) is 31.9 Å². The van der Waals surface area contributed by atoms with Crippen LogP contribution in [-0.4, -0.2) is 29.0 Å². The Morgan fingerprint density at radius 1 is 1.26 bits per heavy atom. The molecule has 0 aromatic rings. The predicted molar refractivity (Wildman–Crippen MR) is 80.5 cm³/mol. The molecule has 3 nitrogen and oxygen atoms in total. The highest BCUT2D eigenvalue weighted by molar-refractivity contribution is 9.09. The minimum Gasteiger partial charge on any atom is -0.465 e. The summed E-state index contributed by atoms with van der Waals surface area (Å²) < 4.78 is 5.07. The van der Waals surface area contributed by atoms with Gasteiger partial charge in [-0.25, -0.2) is 0 Å². The Hall–Kier alpha value is 0.1000. The molecule has 0 saturated heterocycles. The maximum absolute atomic E-state index is 12.1. The van der Waals surface area contributed by atoms with Crippen LogP contribution in [0.25, 0.3) is 0 Å². The topological polar surface area (TPSA) is 43.4 Å². The first-order valence-electron chi connectivity index (χ1n) is 6.95. The molecule has 19 heavy (non-hydrogen) atoms. The van der Waals surface area contributed by atoms with Gasteiger partial charge in [0, 0.05) is 17.1 Å². The first-order chi connectivity index (χ1) is 9.13. The van der Waals surface area contributed by atoms with Crippen molar-refractivity contribution in [3.8, 4) is 0 Å². The van der Waals surface area contributed by atoms with E-state index in [1.54, 1.807) is 6.92 Å². The Bertz CT molecular complexity index is 339. The highest BCUT2D eigenvalue weighted by atomic mass is 79.9. The van der Waals surface area contributed by atoms with Gasteiger partial charge in [0.05, 0.1) is 6.61 Å². The minimum absolute atomic E-state index is 0.0782. The van der Waals surface area contributed by atoms with Gasteiger partial charge in [0.25, 0.3) is 0 Å². The van der Waals surface area contributed by atoms with Crippen LogP contribution < -0.4 is 0 Å². The highest BCUT2D eigenvalue weighted by Crippen LogP contribution is 2.54. The maximum Gasteiger partial charge on any atom is 0.316 e. The number of carbonyl (C=O) groups is 2. The van der Waals surface area contributed by atoms with Crippen molar-refractivity contribution >= 4 is 43.6 Å². The molecule has 3 unspecified atom stereocenters. The van der Waals surface area contributed by atoms with Gasteiger partial charge in [0.2, 0.25) is 0 Å². The molecular weight excluding hydrogens is 376 g/mol. The van der Waals surface area contributed by atoms with Crippen LogP contribution in [0.15, 0.2) is 0 Å². The summed E-state index contributed by atoms with van der Waals surface area (Å²) in [5, 5.41) is 1.94. The number of Topliss-reactive ketones (excluding diaryl/α,β-unsaturated/α-hetero) is 1. The van der Waals surface area contributed by atoms with E-state index < -0.39 is 5.92 Å². The molecule has 5 heteroatoms. The molecule has 0 N–H and O–H groups in total. The van der Waals surface area contributed by atoms with Gasteiger partial charge in [-0.05, 0) is 43.4 Å². The van der Waals surface area contributed by atoms with E-state index in [9.17, 15) is 9.59 Å². The third kappa shape index (κ3) is 2.92. The Labute approximate surface area is 131 Å². The number of hydrogen-bond donors (Lipinski definition) is 0. The lowest BCUT2D eigenvalue weighted by Crippen LogP contribution is -2.52. The molecule has 5 atom stereocenters. The van der Waals surface area contributed by atoms with Crippen LogP contribution in [-0.2, 0) is 14.3 Å². The summed E-state index contributed by atoms with van der Waals surface area (Å²) in [6.07, 6.45) is 2.10. The molecule has 0 aromatic heterocycles. The fourth-order valence-electron chi connectivity index (χ4n) is 3.72.